The molecule has 5 fully saturated rings. The van der Waals surface area contributed by atoms with Crippen LogP contribution in [0, 0.1) is 47.3 Å². The summed E-state index contributed by atoms with van der Waals surface area (Å²) >= 11 is 0. The van der Waals surface area contributed by atoms with Gasteiger partial charge in [-0.25, -0.2) is 0 Å². The van der Waals surface area contributed by atoms with Gasteiger partial charge >= 0.3 is 0 Å². The van der Waals surface area contributed by atoms with Gasteiger partial charge in [0.25, 0.3) is 0 Å². The molecule has 7 rings (SSSR count). The summed E-state index contributed by atoms with van der Waals surface area (Å²) in [5.74, 6) is -0.310. The van der Waals surface area contributed by atoms with Crippen molar-refractivity contribution in [3.8, 4) is 0 Å². The molecule has 2 saturated heterocycles. The predicted molar refractivity (Wildman–Crippen MR) is 118 cm³/mol. The predicted octanol–water partition coefficient (Wildman–Crippen LogP) is 2.15. The van der Waals surface area contributed by atoms with Crippen LogP contribution in [-0.2, 0) is 19.2 Å². The maximum absolute atomic E-state index is 13.3. The van der Waals surface area contributed by atoms with Gasteiger partial charge in [0.05, 0.1) is 37.0 Å². The number of carbonyl (C=O) groups excluding carboxylic acids is 4. The van der Waals surface area contributed by atoms with Gasteiger partial charge in [-0.15, -0.1) is 0 Å². The molecule has 8 unspecified atom stereocenters. The van der Waals surface area contributed by atoms with Gasteiger partial charge in [-0.1, -0.05) is 43.6 Å². The molecule has 0 aromatic carbocycles. The van der Waals surface area contributed by atoms with Crippen LogP contribution in [0.2, 0.25) is 0 Å². The van der Waals surface area contributed by atoms with Crippen molar-refractivity contribution in [1.29, 1.82) is 0 Å². The molecule has 7 aliphatic rings. The van der Waals surface area contributed by atoms with E-state index >= 15 is 0 Å². The standard InChI is InChI=1S/C26H31N3O4/c30-23-19-14-6-7-15(10-14)20(19)24(31)28(23)12-27(18-4-2-1-3-5-18)13-29-25(32)21-16-8-9-17(11-16)22(21)26(29)33/h6-9,14-22H,1-5,10-13H2. The number of imide groups is 2. The quantitative estimate of drug-likeness (QED) is 0.475. The minimum absolute atomic E-state index is 0.0548. The molecular formula is C26H31N3O4. The number of likely N-dealkylation sites (tertiary alicyclic amines) is 2. The zero-order valence-electron chi connectivity index (χ0n) is 18.8. The van der Waals surface area contributed by atoms with Crippen molar-refractivity contribution in [2.45, 2.75) is 51.0 Å². The number of rotatable bonds is 5. The molecule has 2 aliphatic heterocycles. The molecule has 8 atom stereocenters. The Labute approximate surface area is 193 Å². The average molecular weight is 450 g/mol. The summed E-state index contributed by atoms with van der Waals surface area (Å²) in [7, 11) is 0. The Bertz CT molecular complexity index is 867. The van der Waals surface area contributed by atoms with Gasteiger partial charge in [0, 0.05) is 6.04 Å². The van der Waals surface area contributed by atoms with Crippen molar-refractivity contribution in [2.24, 2.45) is 47.3 Å². The zero-order valence-corrected chi connectivity index (χ0v) is 18.8. The van der Waals surface area contributed by atoms with Gasteiger partial charge < -0.3 is 0 Å². The SMILES string of the molecule is O=C1C2C3C=CC(C3)C2C(=O)N1CN(CN1C(=O)C2C3C=CC(C3)C2C1=O)C1CCCCC1. The van der Waals surface area contributed by atoms with Gasteiger partial charge in [0.2, 0.25) is 23.6 Å². The summed E-state index contributed by atoms with van der Waals surface area (Å²) in [6.07, 6.45) is 15.6. The van der Waals surface area contributed by atoms with Gasteiger partial charge in [-0.3, -0.25) is 33.9 Å². The van der Waals surface area contributed by atoms with Crippen LogP contribution in [0.25, 0.3) is 0 Å². The fourth-order valence-electron chi connectivity index (χ4n) is 8.29. The van der Waals surface area contributed by atoms with Crippen molar-refractivity contribution in [3.05, 3.63) is 24.3 Å². The van der Waals surface area contributed by atoms with E-state index in [9.17, 15) is 19.2 Å². The highest BCUT2D eigenvalue weighted by Crippen LogP contribution is 2.54. The molecule has 4 amide bonds. The number of amides is 4. The molecule has 4 bridgehead atoms. The summed E-state index contributed by atoms with van der Waals surface area (Å²) in [5.41, 5.74) is 0. The monoisotopic (exact) mass is 449 g/mol. The summed E-state index contributed by atoms with van der Waals surface area (Å²) in [6.45, 7) is 0.401. The second kappa shape index (κ2) is 7.11. The van der Waals surface area contributed by atoms with Gasteiger partial charge in [-0.05, 0) is 49.4 Å². The molecule has 174 valence electrons. The zero-order chi connectivity index (χ0) is 22.4. The summed E-state index contributed by atoms with van der Waals surface area (Å²) in [4.78, 5) is 58.3. The third kappa shape index (κ3) is 2.71. The van der Waals surface area contributed by atoms with Crippen LogP contribution in [-0.4, -0.2) is 57.7 Å². The third-order valence-electron chi connectivity index (χ3n) is 9.86. The number of carbonyl (C=O) groups is 4. The van der Waals surface area contributed by atoms with E-state index in [4.69, 9.17) is 0 Å². The highest BCUT2D eigenvalue weighted by Gasteiger charge is 2.61. The molecule has 5 aliphatic carbocycles. The normalized spacial score (nSPS) is 43.2. The van der Waals surface area contributed by atoms with Gasteiger partial charge in [0.1, 0.15) is 0 Å². The van der Waals surface area contributed by atoms with E-state index < -0.39 is 0 Å². The molecule has 2 heterocycles. The minimum atomic E-state index is -0.211. The molecule has 7 nitrogen and oxygen atoms in total. The Hall–Kier alpha value is -2.28. The Morgan fingerprint density at radius 1 is 0.606 bits per heavy atom. The second-order valence-electron chi connectivity index (χ2n) is 11.4. The van der Waals surface area contributed by atoms with Crippen LogP contribution in [0.5, 0.6) is 0 Å². The fourth-order valence-corrected chi connectivity index (χ4v) is 8.29. The Kier molecular flexibility index (Phi) is 4.34. The number of fused-ring (bicyclic) bond motifs is 10. The van der Waals surface area contributed by atoms with Crippen molar-refractivity contribution in [2.75, 3.05) is 13.3 Å². The molecule has 7 heteroatoms. The first-order valence-electron chi connectivity index (χ1n) is 12.8. The maximum Gasteiger partial charge on any atom is 0.234 e. The highest BCUT2D eigenvalue weighted by atomic mass is 16.2. The minimum Gasteiger partial charge on any atom is -0.274 e. The molecule has 33 heavy (non-hydrogen) atoms. The third-order valence-corrected chi connectivity index (χ3v) is 9.86. The average Bonchev–Trinajstić information content (AvgIpc) is 3.66. The summed E-state index contributed by atoms with van der Waals surface area (Å²) in [5, 5.41) is 0. The van der Waals surface area contributed by atoms with Crippen molar-refractivity contribution < 1.29 is 19.2 Å². The van der Waals surface area contributed by atoms with E-state index in [-0.39, 0.29) is 90.4 Å². The van der Waals surface area contributed by atoms with E-state index in [0.29, 0.717) is 0 Å². The Morgan fingerprint density at radius 2 is 0.970 bits per heavy atom. The Morgan fingerprint density at radius 3 is 1.33 bits per heavy atom. The van der Waals surface area contributed by atoms with Gasteiger partial charge in [-0.2, -0.15) is 0 Å². The van der Waals surface area contributed by atoms with E-state index in [1.165, 1.54) is 16.2 Å². The lowest BCUT2D eigenvalue weighted by Crippen LogP contribution is -2.52. The molecular weight excluding hydrogens is 418 g/mol. The number of hydrogen-bond donors (Lipinski definition) is 0. The Balaban J connectivity index is 1.14. The van der Waals surface area contributed by atoms with Crippen molar-refractivity contribution in [1.82, 2.24) is 14.7 Å². The molecule has 0 aromatic rings. The number of hydrogen-bond acceptors (Lipinski definition) is 5. The van der Waals surface area contributed by atoms with Crippen molar-refractivity contribution in [3.63, 3.8) is 0 Å². The van der Waals surface area contributed by atoms with Crippen molar-refractivity contribution >= 4 is 23.6 Å². The maximum atomic E-state index is 13.3. The lowest BCUT2D eigenvalue weighted by molar-refractivity contribution is -0.147. The van der Waals surface area contributed by atoms with Crippen LogP contribution in [0.15, 0.2) is 24.3 Å². The molecule has 0 radical (unpaired) electrons. The molecule has 0 spiro atoms. The summed E-state index contributed by atoms with van der Waals surface area (Å²) in [6, 6.07) is 0.186. The van der Waals surface area contributed by atoms with Gasteiger partial charge in [0.15, 0.2) is 0 Å². The summed E-state index contributed by atoms with van der Waals surface area (Å²) < 4.78 is 0. The van der Waals surface area contributed by atoms with Crippen LogP contribution in [0.1, 0.15) is 44.9 Å². The first-order valence-corrected chi connectivity index (χ1v) is 12.8. The molecule has 3 saturated carbocycles. The second-order valence-corrected chi connectivity index (χ2v) is 11.4. The fraction of sp³-hybridized carbons (Fsp3) is 0.692. The smallest absolute Gasteiger partial charge is 0.234 e. The van der Waals surface area contributed by atoms with E-state index in [1.807, 2.05) is 0 Å². The topological polar surface area (TPSA) is 78.0 Å². The van der Waals surface area contributed by atoms with Crippen LogP contribution >= 0.6 is 0 Å². The molecule has 0 aromatic heterocycles. The first-order chi connectivity index (χ1) is 16.0. The lowest BCUT2D eigenvalue weighted by Gasteiger charge is -2.38. The number of nitrogens with zero attached hydrogens (tertiary/aromatic N) is 3. The lowest BCUT2D eigenvalue weighted by atomic mass is 9.85. The highest BCUT2D eigenvalue weighted by molar-refractivity contribution is 6.07. The number of allylic oxidation sites excluding steroid dienone is 4. The van der Waals surface area contributed by atoms with Crippen LogP contribution < -0.4 is 0 Å². The van der Waals surface area contributed by atoms with E-state index in [0.717, 1.165) is 38.5 Å². The van der Waals surface area contributed by atoms with E-state index in [1.54, 1.807) is 0 Å². The molecule has 0 N–H and O–H groups in total. The van der Waals surface area contributed by atoms with Crippen LogP contribution in [0.4, 0.5) is 0 Å². The first kappa shape index (κ1) is 20.1. The van der Waals surface area contributed by atoms with E-state index in [2.05, 4.69) is 29.2 Å². The van der Waals surface area contributed by atoms with Crippen LogP contribution in [0.3, 0.4) is 0 Å². The largest absolute Gasteiger partial charge is 0.274 e.